The zero-order chi connectivity index (χ0) is 13.6. The van der Waals surface area contributed by atoms with Gasteiger partial charge in [0, 0.05) is 27.5 Å². The summed E-state index contributed by atoms with van der Waals surface area (Å²) >= 11 is 4.91. The average Bonchev–Trinajstić information content (AvgIpc) is 2.93. The van der Waals surface area contributed by atoms with Crippen molar-refractivity contribution in [3.63, 3.8) is 0 Å². The molecule has 3 rings (SSSR count). The Kier molecular flexibility index (Phi) is 3.02. The van der Waals surface area contributed by atoms with Crippen LogP contribution in [0.25, 0.3) is 0 Å². The number of hydrogen-bond donors (Lipinski definition) is 0. The standard InChI is InChI=1S/C15H13BrO2S/c1-15(2)8-18-12-4-3-9(5-11(12)15)14(17)10-6-13(16)19-7-10/h3-7H,8H2,1-2H3. The van der Waals surface area contributed by atoms with Crippen molar-refractivity contribution in [3.05, 3.63) is 50.1 Å². The molecule has 0 saturated heterocycles. The van der Waals surface area contributed by atoms with Gasteiger partial charge in [0.2, 0.25) is 0 Å². The Hall–Kier alpha value is -1.13. The molecular formula is C15H13BrO2S. The molecule has 0 amide bonds. The number of carbonyl (C=O) groups is 1. The van der Waals surface area contributed by atoms with Crippen LogP contribution < -0.4 is 4.74 Å². The van der Waals surface area contributed by atoms with E-state index in [1.165, 1.54) is 11.3 Å². The van der Waals surface area contributed by atoms with Gasteiger partial charge < -0.3 is 4.74 Å². The lowest BCUT2D eigenvalue weighted by atomic mass is 9.85. The van der Waals surface area contributed by atoms with Gasteiger partial charge in [0.1, 0.15) is 5.75 Å². The third-order valence-corrected chi connectivity index (χ3v) is 4.89. The van der Waals surface area contributed by atoms with Crippen LogP contribution in [0.15, 0.2) is 33.4 Å². The van der Waals surface area contributed by atoms with Gasteiger partial charge in [-0.05, 0) is 40.2 Å². The van der Waals surface area contributed by atoms with Crippen LogP contribution in [0.2, 0.25) is 0 Å². The van der Waals surface area contributed by atoms with Gasteiger partial charge in [-0.15, -0.1) is 11.3 Å². The summed E-state index contributed by atoms with van der Waals surface area (Å²) in [5.74, 6) is 0.959. The second kappa shape index (κ2) is 4.46. The summed E-state index contributed by atoms with van der Waals surface area (Å²) in [6.45, 7) is 4.94. The highest BCUT2D eigenvalue weighted by atomic mass is 79.9. The molecule has 0 bridgehead atoms. The number of rotatable bonds is 2. The Morgan fingerprint density at radius 2 is 2.11 bits per heavy atom. The molecule has 98 valence electrons. The van der Waals surface area contributed by atoms with E-state index in [4.69, 9.17) is 4.74 Å². The Balaban J connectivity index is 2.01. The molecule has 0 fully saturated rings. The number of ether oxygens (including phenoxy) is 1. The highest BCUT2D eigenvalue weighted by Crippen LogP contribution is 2.39. The molecule has 0 saturated carbocycles. The molecule has 1 aromatic carbocycles. The maximum Gasteiger partial charge on any atom is 0.193 e. The van der Waals surface area contributed by atoms with E-state index in [-0.39, 0.29) is 11.2 Å². The molecule has 2 aromatic rings. The fourth-order valence-electron chi connectivity index (χ4n) is 2.26. The topological polar surface area (TPSA) is 26.3 Å². The van der Waals surface area contributed by atoms with Crippen LogP contribution in [0.4, 0.5) is 0 Å². The Bertz CT molecular complexity index is 658. The van der Waals surface area contributed by atoms with Crippen molar-refractivity contribution in [1.29, 1.82) is 0 Å². The van der Waals surface area contributed by atoms with E-state index in [0.29, 0.717) is 6.61 Å². The number of benzene rings is 1. The molecule has 4 heteroatoms. The van der Waals surface area contributed by atoms with Gasteiger partial charge in [-0.25, -0.2) is 0 Å². The van der Waals surface area contributed by atoms with E-state index >= 15 is 0 Å². The van der Waals surface area contributed by atoms with Gasteiger partial charge in [0.05, 0.1) is 10.4 Å². The van der Waals surface area contributed by atoms with Crippen molar-refractivity contribution in [3.8, 4) is 5.75 Å². The first-order chi connectivity index (χ1) is 8.97. The van der Waals surface area contributed by atoms with Gasteiger partial charge in [0.25, 0.3) is 0 Å². The first-order valence-electron chi connectivity index (χ1n) is 6.03. The van der Waals surface area contributed by atoms with E-state index in [1.807, 2.05) is 29.6 Å². The second-order valence-corrected chi connectivity index (χ2v) is 7.64. The van der Waals surface area contributed by atoms with Gasteiger partial charge in [-0.3, -0.25) is 4.79 Å². The largest absolute Gasteiger partial charge is 0.492 e. The summed E-state index contributed by atoms with van der Waals surface area (Å²) in [5.41, 5.74) is 2.55. The molecule has 2 heterocycles. The SMILES string of the molecule is CC1(C)COc2ccc(C(=O)c3csc(Br)c3)cc21. The first kappa shape index (κ1) is 12.9. The molecule has 1 aliphatic heterocycles. The molecule has 2 nitrogen and oxygen atoms in total. The van der Waals surface area contributed by atoms with Gasteiger partial charge in [-0.1, -0.05) is 13.8 Å². The van der Waals surface area contributed by atoms with Crippen molar-refractivity contribution in [1.82, 2.24) is 0 Å². The Morgan fingerprint density at radius 3 is 2.79 bits per heavy atom. The number of fused-ring (bicyclic) bond motifs is 1. The van der Waals surface area contributed by atoms with Crippen molar-refractivity contribution in [2.45, 2.75) is 19.3 Å². The molecule has 0 N–H and O–H groups in total. The van der Waals surface area contributed by atoms with Crippen LogP contribution in [-0.2, 0) is 5.41 Å². The number of hydrogen-bond acceptors (Lipinski definition) is 3. The summed E-state index contributed by atoms with van der Waals surface area (Å²) in [7, 11) is 0. The molecule has 1 aliphatic rings. The lowest BCUT2D eigenvalue weighted by molar-refractivity contribution is 0.103. The third kappa shape index (κ3) is 2.23. The summed E-state index contributed by atoms with van der Waals surface area (Å²) in [6, 6.07) is 7.57. The maximum absolute atomic E-state index is 12.4. The van der Waals surface area contributed by atoms with Gasteiger partial charge in [-0.2, -0.15) is 0 Å². The van der Waals surface area contributed by atoms with Crippen molar-refractivity contribution in [2.24, 2.45) is 0 Å². The number of thiophene rings is 1. The maximum atomic E-state index is 12.4. The normalized spacial score (nSPS) is 15.9. The highest BCUT2D eigenvalue weighted by Gasteiger charge is 2.32. The predicted octanol–water partition coefficient (Wildman–Crippen LogP) is 4.41. The smallest absolute Gasteiger partial charge is 0.193 e. The molecule has 19 heavy (non-hydrogen) atoms. The molecule has 0 atom stereocenters. The van der Waals surface area contributed by atoms with E-state index in [9.17, 15) is 4.79 Å². The van der Waals surface area contributed by atoms with E-state index in [0.717, 1.165) is 26.2 Å². The fraction of sp³-hybridized carbons (Fsp3) is 0.267. The van der Waals surface area contributed by atoms with Crippen molar-refractivity contribution in [2.75, 3.05) is 6.61 Å². The van der Waals surface area contributed by atoms with E-state index in [1.54, 1.807) is 0 Å². The minimum Gasteiger partial charge on any atom is -0.492 e. The third-order valence-electron chi connectivity index (χ3n) is 3.39. The number of halogens is 1. The van der Waals surface area contributed by atoms with Crippen LogP contribution >= 0.6 is 27.3 Å². The molecule has 0 spiro atoms. The fourth-order valence-corrected chi connectivity index (χ4v) is 3.39. The van der Waals surface area contributed by atoms with Crippen LogP contribution in [0.5, 0.6) is 5.75 Å². The Morgan fingerprint density at radius 1 is 1.32 bits per heavy atom. The van der Waals surface area contributed by atoms with Gasteiger partial charge >= 0.3 is 0 Å². The van der Waals surface area contributed by atoms with Crippen LogP contribution in [0, 0.1) is 0 Å². The monoisotopic (exact) mass is 336 g/mol. The summed E-state index contributed by atoms with van der Waals surface area (Å²) in [6.07, 6.45) is 0. The summed E-state index contributed by atoms with van der Waals surface area (Å²) < 4.78 is 6.61. The summed E-state index contributed by atoms with van der Waals surface area (Å²) in [5, 5.41) is 1.88. The van der Waals surface area contributed by atoms with E-state index in [2.05, 4.69) is 29.8 Å². The van der Waals surface area contributed by atoms with E-state index < -0.39 is 0 Å². The zero-order valence-corrected chi connectivity index (χ0v) is 13.1. The minimum atomic E-state index is -0.0269. The zero-order valence-electron chi connectivity index (χ0n) is 10.7. The molecule has 0 unspecified atom stereocenters. The number of carbonyl (C=O) groups excluding carboxylic acids is 1. The highest BCUT2D eigenvalue weighted by molar-refractivity contribution is 9.11. The number of ketones is 1. The van der Waals surface area contributed by atoms with Crippen LogP contribution in [-0.4, -0.2) is 12.4 Å². The van der Waals surface area contributed by atoms with Gasteiger partial charge in [0.15, 0.2) is 5.78 Å². The van der Waals surface area contributed by atoms with Crippen LogP contribution in [0.3, 0.4) is 0 Å². The molecule has 0 radical (unpaired) electrons. The predicted molar refractivity (Wildman–Crippen MR) is 80.4 cm³/mol. The van der Waals surface area contributed by atoms with Crippen molar-refractivity contribution >= 4 is 33.0 Å². The first-order valence-corrected chi connectivity index (χ1v) is 7.71. The summed E-state index contributed by atoms with van der Waals surface area (Å²) in [4.78, 5) is 12.4. The average molecular weight is 337 g/mol. The lowest BCUT2D eigenvalue weighted by Crippen LogP contribution is -2.18. The Labute approximate surface area is 124 Å². The van der Waals surface area contributed by atoms with Crippen LogP contribution in [0.1, 0.15) is 35.3 Å². The molecule has 0 aliphatic carbocycles. The van der Waals surface area contributed by atoms with Crippen molar-refractivity contribution < 1.29 is 9.53 Å². The second-order valence-electron chi connectivity index (χ2n) is 5.35. The molecule has 1 aromatic heterocycles. The molecular weight excluding hydrogens is 324 g/mol. The minimum absolute atomic E-state index is 0.0269. The quantitative estimate of drug-likeness (QED) is 0.759. The lowest BCUT2D eigenvalue weighted by Gasteiger charge is -2.15.